The van der Waals surface area contributed by atoms with E-state index in [0.29, 0.717) is 0 Å². The second-order valence-electron chi connectivity index (χ2n) is 6.12. The first-order valence-electron chi connectivity index (χ1n) is 8.85. The first-order chi connectivity index (χ1) is 13.3. The van der Waals surface area contributed by atoms with Crippen molar-refractivity contribution in [2.75, 3.05) is 5.32 Å². The minimum atomic E-state index is -1.08. The van der Waals surface area contributed by atoms with E-state index < -0.39 is 22.9 Å². The van der Waals surface area contributed by atoms with Crippen LogP contribution in [-0.4, -0.2) is 22.9 Å². The summed E-state index contributed by atoms with van der Waals surface area (Å²) in [6.45, 7) is 5.43. The highest BCUT2D eigenvalue weighted by Crippen LogP contribution is 2.25. The van der Waals surface area contributed by atoms with Gasteiger partial charge < -0.3 is 10.1 Å². The lowest BCUT2D eigenvalue weighted by Crippen LogP contribution is -2.30. The maximum atomic E-state index is 12.5. The van der Waals surface area contributed by atoms with Gasteiger partial charge in [-0.15, -0.1) is 0 Å². The molecule has 0 aliphatic carbocycles. The highest BCUT2D eigenvalue weighted by atomic mass is 35.5. The zero-order chi connectivity index (χ0) is 20.8. The van der Waals surface area contributed by atoms with Crippen molar-refractivity contribution in [2.24, 2.45) is 0 Å². The van der Waals surface area contributed by atoms with Gasteiger partial charge in [0.25, 0.3) is 11.6 Å². The third-order valence-electron chi connectivity index (χ3n) is 4.28. The number of rotatable bonds is 7. The monoisotopic (exact) mass is 404 g/mol. The maximum Gasteiger partial charge on any atom is 0.340 e. The number of ether oxygens (including phenoxy) is 1. The molecule has 0 aliphatic heterocycles. The molecular formula is C20H21ClN2O5. The number of aryl methyl sites for hydroxylation is 2. The molecule has 1 unspecified atom stereocenters. The molecule has 0 radical (unpaired) electrons. The number of nitro groups is 1. The smallest absolute Gasteiger partial charge is 0.340 e. The lowest BCUT2D eigenvalue weighted by molar-refractivity contribution is -0.384. The SMILES string of the molecule is CCc1cccc(CC)c1NC(=O)C(C)OC(=O)c1ccc([N+](=O)[O-])cc1Cl. The van der Waals surface area contributed by atoms with Gasteiger partial charge in [-0.2, -0.15) is 0 Å². The van der Waals surface area contributed by atoms with Gasteiger partial charge in [0.2, 0.25) is 0 Å². The molecular weight excluding hydrogens is 384 g/mol. The molecule has 0 heterocycles. The Morgan fingerprint density at radius 1 is 1.18 bits per heavy atom. The molecule has 0 saturated heterocycles. The Labute approximate surface area is 167 Å². The van der Waals surface area contributed by atoms with E-state index in [1.54, 1.807) is 0 Å². The summed E-state index contributed by atoms with van der Waals surface area (Å²) in [6, 6.07) is 9.22. The largest absolute Gasteiger partial charge is 0.449 e. The molecule has 2 aromatic carbocycles. The van der Waals surface area contributed by atoms with E-state index in [0.717, 1.165) is 41.8 Å². The quantitative estimate of drug-likeness (QED) is 0.414. The number of hydrogen-bond donors (Lipinski definition) is 1. The van der Waals surface area contributed by atoms with Gasteiger partial charge in [-0.05, 0) is 37.0 Å². The summed E-state index contributed by atoms with van der Waals surface area (Å²) in [5.41, 5.74) is 2.42. The van der Waals surface area contributed by atoms with Gasteiger partial charge >= 0.3 is 5.97 Å². The predicted molar refractivity (Wildman–Crippen MR) is 107 cm³/mol. The molecule has 1 amide bonds. The summed E-state index contributed by atoms with van der Waals surface area (Å²) >= 11 is 5.93. The van der Waals surface area contributed by atoms with E-state index in [9.17, 15) is 19.7 Å². The fourth-order valence-corrected chi connectivity index (χ4v) is 2.94. The van der Waals surface area contributed by atoms with Crippen molar-refractivity contribution in [1.82, 2.24) is 0 Å². The van der Waals surface area contributed by atoms with E-state index >= 15 is 0 Å². The molecule has 0 aliphatic rings. The van der Waals surface area contributed by atoms with Crippen molar-refractivity contribution in [3.63, 3.8) is 0 Å². The first-order valence-corrected chi connectivity index (χ1v) is 9.22. The third kappa shape index (κ3) is 4.86. The van der Waals surface area contributed by atoms with Crippen LogP contribution in [0.1, 0.15) is 42.3 Å². The number of carbonyl (C=O) groups is 2. The van der Waals surface area contributed by atoms with Gasteiger partial charge in [0, 0.05) is 17.8 Å². The summed E-state index contributed by atoms with van der Waals surface area (Å²) < 4.78 is 5.19. The van der Waals surface area contributed by atoms with E-state index in [2.05, 4.69) is 5.32 Å². The molecule has 1 N–H and O–H groups in total. The highest BCUT2D eigenvalue weighted by molar-refractivity contribution is 6.33. The van der Waals surface area contributed by atoms with Crippen LogP contribution in [0.2, 0.25) is 5.02 Å². The minimum Gasteiger partial charge on any atom is -0.449 e. The van der Waals surface area contributed by atoms with Gasteiger partial charge in [0.05, 0.1) is 15.5 Å². The van der Waals surface area contributed by atoms with E-state index in [1.165, 1.54) is 13.0 Å². The number of non-ortho nitro benzene ring substituents is 1. The van der Waals surface area contributed by atoms with Crippen LogP contribution in [-0.2, 0) is 22.4 Å². The molecule has 1 atom stereocenters. The number of nitrogens with zero attached hydrogens (tertiary/aromatic N) is 1. The molecule has 2 rings (SSSR count). The summed E-state index contributed by atoms with van der Waals surface area (Å²) in [5.74, 6) is -1.30. The summed E-state index contributed by atoms with van der Waals surface area (Å²) in [7, 11) is 0. The van der Waals surface area contributed by atoms with Crippen LogP contribution in [0.15, 0.2) is 36.4 Å². The van der Waals surface area contributed by atoms with Gasteiger partial charge in [0.15, 0.2) is 6.10 Å². The number of amides is 1. The van der Waals surface area contributed by atoms with Crippen LogP contribution in [0.5, 0.6) is 0 Å². The zero-order valence-corrected chi connectivity index (χ0v) is 16.6. The van der Waals surface area contributed by atoms with Gasteiger partial charge in [-0.1, -0.05) is 43.6 Å². The summed E-state index contributed by atoms with van der Waals surface area (Å²) in [6.07, 6.45) is 0.417. The van der Waals surface area contributed by atoms with Crippen LogP contribution in [0, 0.1) is 10.1 Å². The Morgan fingerprint density at radius 3 is 2.29 bits per heavy atom. The predicted octanol–water partition coefficient (Wildman–Crippen LogP) is 4.56. The Kier molecular flexibility index (Phi) is 7.12. The lowest BCUT2D eigenvalue weighted by atomic mass is 10.0. The average Bonchev–Trinajstić information content (AvgIpc) is 2.67. The standard InChI is InChI=1S/C20H21ClN2O5/c1-4-13-7-6-8-14(5-2)18(13)22-19(24)12(3)28-20(25)16-10-9-15(23(26)27)11-17(16)21/h6-12H,4-5H2,1-3H3,(H,22,24). The molecule has 0 spiro atoms. The molecule has 148 valence electrons. The Balaban J connectivity index is 2.13. The maximum absolute atomic E-state index is 12.5. The number of nitrogens with one attached hydrogen (secondary N) is 1. The molecule has 7 nitrogen and oxygen atoms in total. The number of nitro benzene ring substituents is 1. The zero-order valence-electron chi connectivity index (χ0n) is 15.8. The van der Waals surface area contributed by atoms with Gasteiger partial charge in [0.1, 0.15) is 0 Å². The molecule has 0 fully saturated rings. The second-order valence-corrected chi connectivity index (χ2v) is 6.52. The van der Waals surface area contributed by atoms with Gasteiger partial charge in [-0.3, -0.25) is 14.9 Å². The Hall–Kier alpha value is -2.93. The number of benzene rings is 2. The summed E-state index contributed by atoms with van der Waals surface area (Å²) in [4.78, 5) is 35.0. The van der Waals surface area contributed by atoms with Crippen LogP contribution >= 0.6 is 11.6 Å². The van der Waals surface area contributed by atoms with E-state index in [1.807, 2.05) is 32.0 Å². The molecule has 0 aromatic heterocycles. The normalized spacial score (nSPS) is 11.6. The van der Waals surface area contributed by atoms with E-state index in [4.69, 9.17) is 16.3 Å². The number of hydrogen-bond acceptors (Lipinski definition) is 5. The van der Waals surface area contributed by atoms with Crippen LogP contribution in [0.25, 0.3) is 0 Å². The number of halogens is 1. The van der Waals surface area contributed by atoms with Crippen LogP contribution in [0.4, 0.5) is 11.4 Å². The minimum absolute atomic E-state index is 0.0462. The third-order valence-corrected chi connectivity index (χ3v) is 4.60. The highest BCUT2D eigenvalue weighted by Gasteiger charge is 2.23. The molecule has 0 bridgehead atoms. The Morgan fingerprint density at radius 2 is 1.79 bits per heavy atom. The molecule has 2 aromatic rings. The van der Waals surface area contributed by atoms with Crippen LogP contribution < -0.4 is 5.32 Å². The first kappa shape index (κ1) is 21.4. The van der Waals surface area contributed by atoms with Gasteiger partial charge in [-0.25, -0.2) is 4.79 Å². The van der Waals surface area contributed by atoms with Crippen molar-refractivity contribution < 1.29 is 19.2 Å². The number of esters is 1. The molecule has 8 heteroatoms. The molecule has 0 saturated carbocycles. The fraction of sp³-hybridized carbons (Fsp3) is 0.300. The van der Waals surface area contributed by atoms with E-state index in [-0.39, 0.29) is 16.3 Å². The lowest BCUT2D eigenvalue weighted by Gasteiger charge is -2.18. The summed E-state index contributed by atoms with van der Waals surface area (Å²) in [5, 5.41) is 13.5. The fourth-order valence-electron chi connectivity index (χ4n) is 2.69. The topological polar surface area (TPSA) is 98.5 Å². The number of carbonyl (C=O) groups excluding carboxylic acids is 2. The van der Waals surface area contributed by atoms with Crippen LogP contribution in [0.3, 0.4) is 0 Å². The number of anilines is 1. The van der Waals surface area contributed by atoms with Crippen molar-refractivity contribution in [3.05, 3.63) is 68.2 Å². The average molecular weight is 405 g/mol. The van der Waals surface area contributed by atoms with Crippen molar-refractivity contribution in [2.45, 2.75) is 39.7 Å². The van der Waals surface area contributed by atoms with Crippen molar-refractivity contribution >= 4 is 34.9 Å². The second kappa shape index (κ2) is 9.32. The number of para-hydroxylation sites is 1. The van der Waals surface area contributed by atoms with Crippen molar-refractivity contribution in [1.29, 1.82) is 0 Å². The molecule has 28 heavy (non-hydrogen) atoms. The van der Waals surface area contributed by atoms with Crippen molar-refractivity contribution in [3.8, 4) is 0 Å². The Bertz CT molecular complexity index is 891.